The molecular weight excluding hydrogens is 179 g/mol. The third kappa shape index (κ3) is 4.43. The second-order valence-electron chi connectivity index (χ2n) is 0.587. The van der Waals surface area contributed by atoms with E-state index in [1.54, 1.807) is 22.6 Å². The van der Waals surface area contributed by atoms with E-state index in [0.29, 0.717) is 0 Å². The average Bonchev–Trinajstić information content (AvgIpc) is 1.38. The molecular formula is C3H4IO. The second kappa shape index (κ2) is 2.66. The van der Waals surface area contributed by atoms with Crippen LogP contribution in [-0.4, -0.2) is 4.11 Å². The Balaban J connectivity index is 2.83. The fourth-order valence-corrected chi connectivity index (χ4v) is 0. The summed E-state index contributed by atoms with van der Waals surface area (Å²) >= 11 is 1.73. The summed E-state index contributed by atoms with van der Waals surface area (Å²) < 4.78 is -0.632. The van der Waals surface area contributed by atoms with Gasteiger partial charge in [-0.2, -0.15) is 0 Å². The van der Waals surface area contributed by atoms with Crippen molar-refractivity contribution in [1.29, 1.82) is 0 Å². The molecule has 0 amide bonds. The van der Waals surface area contributed by atoms with Gasteiger partial charge in [0.05, 0.1) is 0 Å². The summed E-state index contributed by atoms with van der Waals surface area (Å²) in [6, 6.07) is 0. The smallest absolute Gasteiger partial charge is 0.162 e. The molecule has 0 bridgehead atoms. The monoisotopic (exact) mass is 183 g/mol. The Morgan fingerprint density at radius 1 is 2.00 bits per heavy atom. The van der Waals surface area contributed by atoms with Gasteiger partial charge in [0, 0.05) is 0 Å². The molecule has 0 saturated carbocycles. The van der Waals surface area contributed by atoms with Gasteiger partial charge in [-0.05, 0) is 28.7 Å². The van der Waals surface area contributed by atoms with E-state index in [0.717, 1.165) is 0 Å². The third-order valence-electron chi connectivity index (χ3n) is 0.185. The van der Waals surface area contributed by atoms with Gasteiger partial charge >= 0.3 is 0 Å². The van der Waals surface area contributed by atoms with Crippen LogP contribution >= 0.6 is 22.6 Å². The normalized spacial score (nSPS) is 14.0. The Morgan fingerprint density at radius 2 is 2.20 bits per heavy atom. The van der Waals surface area contributed by atoms with Crippen molar-refractivity contribution in [2.75, 3.05) is 0 Å². The minimum Gasteiger partial charge on any atom is -0.217 e. The van der Waals surface area contributed by atoms with Gasteiger partial charge in [0.1, 0.15) is 0 Å². The molecule has 0 aliphatic carbocycles. The quantitative estimate of drug-likeness (QED) is 0.332. The lowest BCUT2D eigenvalue weighted by Crippen LogP contribution is -1.78. The molecule has 0 aliphatic rings. The van der Waals surface area contributed by atoms with Crippen LogP contribution in [0.1, 0.15) is 0 Å². The molecule has 2 heteroatoms. The van der Waals surface area contributed by atoms with Crippen LogP contribution in [-0.2, 0) is 5.11 Å². The lowest BCUT2D eigenvalue weighted by Gasteiger charge is -1.77. The van der Waals surface area contributed by atoms with Gasteiger partial charge in [0.2, 0.25) is 0 Å². The summed E-state index contributed by atoms with van der Waals surface area (Å²) in [5.41, 5.74) is 0. The topological polar surface area (TPSA) is 19.9 Å². The standard InChI is InChI=1S/C3H4IO/c1-2-3(4)5/h2-3H,1H2. The van der Waals surface area contributed by atoms with Crippen LogP contribution < -0.4 is 0 Å². The first-order valence-corrected chi connectivity index (χ1v) is 2.44. The molecule has 1 nitrogen and oxygen atoms in total. The summed E-state index contributed by atoms with van der Waals surface area (Å²) in [6.07, 6.45) is 1.35. The fraction of sp³-hybridized carbons (Fsp3) is 0.333. The van der Waals surface area contributed by atoms with Crippen molar-refractivity contribution in [3.63, 3.8) is 0 Å². The van der Waals surface area contributed by atoms with Crippen LogP contribution in [0.3, 0.4) is 0 Å². The zero-order chi connectivity index (χ0) is 4.28. The Bertz CT molecular complexity index is 33.9. The van der Waals surface area contributed by atoms with E-state index in [-0.39, 0.29) is 0 Å². The van der Waals surface area contributed by atoms with Crippen LogP contribution in [0.5, 0.6) is 0 Å². The van der Waals surface area contributed by atoms with Crippen LogP contribution in [0.2, 0.25) is 0 Å². The molecule has 0 saturated heterocycles. The summed E-state index contributed by atoms with van der Waals surface area (Å²) in [7, 11) is 0. The highest BCUT2D eigenvalue weighted by molar-refractivity contribution is 14.1. The number of hydrogen-bond acceptors (Lipinski definition) is 0. The molecule has 0 aromatic heterocycles. The molecule has 0 aliphatic heterocycles. The van der Waals surface area contributed by atoms with Gasteiger partial charge < -0.3 is 0 Å². The molecule has 1 atom stereocenters. The maximum atomic E-state index is 9.76. The van der Waals surface area contributed by atoms with Crippen LogP contribution in [0.25, 0.3) is 0 Å². The van der Waals surface area contributed by atoms with Crippen molar-refractivity contribution in [3.05, 3.63) is 12.7 Å². The predicted molar refractivity (Wildman–Crippen MR) is 28.7 cm³/mol. The number of rotatable bonds is 1. The van der Waals surface area contributed by atoms with Crippen LogP contribution in [0.4, 0.5) is 0 Å². The number of halogens is 1. The zero-order valence-corrected chi connectivity index (χ0v) is 4.81. The fourth-order valence-electron chi connectivity index (χ4n) is 0. The molecule has 0 rings (SSSR count). The Hall–Kier alpha value is 0.430. The molecule has 29 valence electrons. The molecule has 5 heavy (non-hydrogen) atoms. The van der Waals surface area contributed by atoms with Crippen molar-refractivity contribution >= 4 is 22.6 Å². The Labute approximate surface area is 44.8 Å². The van der Waals surface area contributed by atoms with Crippen molar-refractivity contribution in [2.24, 2.45) is 0 Å². The van der Waals surface area contributed by atoms with E-state index in [2.05, 4.69) is 6.58 Å². The van der Waals surface area contributed by atoms with Crippen molar-refractivity contribution in [1.82, 2.24) is 0 Å². The van der Waals surface area contributed by atoms with Crippen molar-refractivity contribution < 1.29 is 5.11 Å². The third-order valence-corrected chi connectivity index (χ3v) is 0.694. The van der Waals surface area contributed by atoms with E-state index in [1.165, 1.54) is 6.08 Å². The zero-order valence-electron chi connectivity index (χ0n) is 2.65. The molecule has 0 fully saturated rings. The second-order valence-corrected chi connectivity index (χ2v) is 1.81. The molecule has 1 unspecified atom stereocenters. The maximum Gasteiger partial charge on any atom is 0.162 e. The van der Waals surface area contributed by atoms with Gasteiger partial charge in [0.15, 0.2) is 4.11 Å². The minimum absolute atomic E-state index is 0.632. The van der Waals surface area contributed by atoms with Crippen LogP contribution in [0, 0.1) is 0 Å². The van der Waals surface area contributed by atoms with E-state index < -0.39 is 4.11 Å². The molecule has 1 radical (unpaired) electrons. The first kappa shape index (κ1) is 5.43. The first-order valence-electron chi connectivity index (χ1n) is 1.20. The van der Waals surface area contributed by atoms with E-state index in [9.17, 15) is 5.11 Å². The summed E-state index contributed by atoms with van der Waals surface area (Å²) in [6.45, 7) is 3.24. The lowest BCUT2D eigenvalue weighted by molar-refractivity contribution is 0.216. The van der Waals surface area contributed by atoms with Gasteiger partial charge in [-0.25, -0.2) is 5.11 Å². The molecule has 0 aromatic rings. The highest BCUT2D eigenvalue weighted by atomic mass is 127. The molecule has 0 N–H and O–H groups in total. The molecule has 0 aromatic carbocycles. The summed E-state index contributed by atoms with van der Waals surface area (Å²) in [5, 5.41) is 9.76. The van der Waals surface area contributed by atoms with E-state index in [1.807, 2.05) is 0 Å². The largest absolute Gasteiger partial charge is 0.217 e. The number of alkyl halides is 1. The predicted octanol–water partition coefficient (Wildman–Crippen LogP) is 1.36. The van der Waals surface area contributed by atoms with Gasteiger partial charge in [-0.15, -0.1) is 0 Å². The minimum atomic E-state index is -0.632. The van der Waals surface area contributed by atoms with Crippen molar-refractivity contribution in [3.8, 4) is 0 Å². The Morgan fingerprint density at radius 3 is 2.20 bits per heavy atom. The molecule has 0 heterocycles. The van der Waals surface area contributed by atoms with Crippen LogP contribution in [0.15, 0.2) is 12.7 Å². The lowest BCUT2D eigenvalue weighted by atomic mass is 10.7. The van der Waals surface area contributed by atoms with Crippen molar-refractivity contribution in [2.45, 2.75) is 4.11 Å². The first-order chi connectivity index (χ1) is 2.27. The van der Waals surface area contributed by atoms with E-state index >= 15 is 0 Å². The van der Waals surface area contributed by atoms with E-state index in [4.69, 9.17) is 0 Å². The maximum absolute atomic E-state index is 9.76. The number of hydrogen-bond donors (Lipinski definition) is 0. The summed E-state index contributed by atoms with van der Waals surface area (Å²) in [4.78, 5) is 0. The summed E-state index contributed by atoms with van der Waals surface area (Å²) in [5.74, 6) is 0. The molecule has 0 spiro atoms. The Kier molecular flexibility index (Phi) is 2.88. The SMILES string of the molecule is C=CC([O])I. The van der Waals surface area contributed by atoms with Gasteiger partial charge in [0.25, 0.3) is 0 Å². The average molecular weight is 183 g/mol. The highest BCUT2D eigenvalue weighted by Crippen LogP contribution is 1.92. The van der Waals surface area contributed by atoms with Gasteiger partial charge in [-0.3, -0.25) is 0 Å². The highest BCUT2D eigenvalue weighted by Gasteiger charge is 1.82. The van der Waals surface area contributed by atoms with Gasteiger partial charge in [-0.1, -0.05) is 6.58 Å².